The number of benzene rings is 1. The van der Waals surface area contributed by atoms with Gasteiger partial charge in [-0.15, -0.1) is 0 Å². The van der Waals surface area contributed by atoms with Crippen LogP contribution in [0, 0.1) is 0 Å². The van der Waals surface area contributed by atoms with Gasteiger partial charge in [0.05, 0.1) is 13.2 Å². The molecule has 4 aliphatic heterocycles. The Morgan fingerprint density at radius 3 is 2.37 bits per heavy atom. The molecule has 0 unspecified atom stereocenters. The highest BCUT2D eigenvalue weighted by atomic mass is 16.9. The second-order valence-corrected chi connectivity index (χ2v) is 8.85. The van der Waals surface area contributed by atoms with Gasteiger partial charge in [-0.05, 0) is 45.2 Å². The lowest BCUT2D eigenvalue weighted by Crippen LogP contribution is -2.57. The van der Waals surface area contributed by atoms with Crippen molar-refractivity contribution in [3.05, 3.63) is 35.4 Å². The summed E-state index contributed by atoms with van der Waals surface area (Å²) >= 11 is 0. The van der Waals surface area contributed by atoms with Crippen LogP contribution in [0.15, 0.2) is 24.3 Å². The molecule has 0 saturated carbocycles. The van der Waals surface area contributed by atoms with Gasteiger partial charge in [-0.25, -0.2) is 0 Å². The van der Waals surface area contributed by atoms with Gasteiger partial charge in [-0.2, -0.15) is 0 Å². The van der Waals surface area contributed by atoms with E-state index >= 15 is 0 Å². The van der Waals surface area contributed by atoms with Gasteiger partial charge in [-0.1, -0.05) is 24.3 Å². The summed E-state index contributed by atoms with van der Waals surface area (Å²) < 4.78 is 37.3. The second-order valence-electron chi connectivity index (χ2n) is 8.85. The predicted molar refractivity (Wildman–Crippen MR) is 96.1 cm³/mol. The van der Waals surface area contributed by atoms with Crippen LogP contribution in [0.5, 0.6) is 0 Å². The third kappa shape index (κ3) is 2.94. The maximum Gasteiger partial charge on any atom is 0.190 e. The molecule has 0 aromatic heterocycles. The predicted octanol–water partition coefficient (Wildman–Crippen LogP) is 2.57. The van der Waals surface area contributed by atoms with Crippen molar-refractivity contribution in [1.29, 1.82) is 0 Å². The van der Waals surface area contributed by atoms with Crippen LogP contribution < -0.4 is 0 Å². The lowest BCUT2D eigenvalue weighted by atomic mass is 9.82. The van der Waals surface area contributed by atoms with Gasteiger partial charge in [0.15, 0.2) is 17.9 Å². The minimum atomic E-state index is -0.700. The molecule has 0 radical (unpaired) electrons. The van der Waals surface area contributed by atoms with Crippen LogP contribution in [0.2, 0.25) is 0 Å². The normalized spacial score (nSPS) is 42.1. The van der Waals surface area contributed by atoms with E-state index in [-0.39, 0.29) is 18.3 Å². The molecule has 4 heterocycles. The first kappa shape index (κ1) is 18.0. The smallest absolute Gasteiger partial charge is 0.190 e. The average Bonchev–Trinajstić information content (AvgIpc) is 3.12. The van der Waals surface area contributed by atoms with E-state index in [9.17, 15) is 0 Å². The van der Waals surface area contributed by atoms with Crippen molar-refractivity contribution in [1.82, 2.24) is 0 Å². The number of ether oxygens (including phenoxy) is 6. The summed E-state index contributed by atoms with van der Waals surface area (Å²) in [6.45, 7) is 8.76. The molecular weight excluding hydrogens is 348 g/mol. The van der Waals surface area contributed by atoms with E-state index in [2.05, 4.69) is 24.3 Å². The first-order chi connectivity index (χ1) is 12.8. The van der Waals surface area contributed by atoms with Crippen LogP contribution in [0.3, 0.4) is 0 Å². The molecule has 0 N–H and O–H groups in total. The summed E-state index contributed by atoms with van der Waals surface area (Å²) in [5.74, 6) is -1.33. The first-order valence-corrected chi connectivity index (χ1v) is 9.82. The maximum atomic E-state index is 6.57. The van der Waals surface area contributed by atoms with Crippen molar-refractivity contribution in [2.24, 2.45) is 0 Å². The number of rotatable bonds is 1. The SMILES string of the molecule is CC1(C)OC[C@H]([C@H]2O[C@@H]3OC(C)(C)O[C@@H]3[C@@]23Cc2ccccc2CCO3)O1. The van der Waals surface area contributed by atoms with Crippen LogP contribution in [-0.2, 0) is 41.3 Å². The zero-order valence-electron chi connectivity index (χ0n) is 16.4. The highest BCUT2D eigenvalue weighted by Crippen LogP contribution is 2.50. The molecule has 3 fully saturated rings. The Balaban J connectivity index is 1.54. The average molecular weight is 376 g/mol. The zero-order chi connectivity index (χ0) is 18.9. The third-order valence-electron chi connectivity index (χ3n) is 6.00. The van der Waals surface area contributed by atoms with Crippen molar-refractivity contribution >= 4 is 0 Å². The molecule has 4 aliphatic rings. The van der Waals surface area contributed by atoms with Gasteiger partial charge in [0.25, 0.3) is 0 Å². The van der Waals surface area contributed by atoms with Gasteiger partial charge in [0, 0.05) is 6.42 Å². The van der Waals surface area contributed by atoms with E-state index in [4.69, 9.17) is 28.4 Å². The Bertz CT molecular complexity index is 731. The van der Waals surface area contributed by atoms with Crippen LogP contribution >= 0.6 is 0 Å². The Morgan fingerprint density at radius 2 is 1.63 bits per heavy atom. The lowest BCUT2D eigenvalue weighted by molar-refractivity contribution is -0.254. The van der Waals surface area contributed by atoms with Gasteiger partial charge in [0.1, 0.15) is 23.9 Å². The van der Waals surface area contributed by atoms with E-state index < -0.39 is 23.5 Å². The minimum absolute atomic E-state index is 0.230. The molecule has 1 spiro atoms. The van der Waals surface area contributed by atoms with Crippen molar-refractivity contribution in [2.75, 3.05) is 13.2 Å². The van der Waals surface area contributed by atoms with Crippen LogP contribution in [-0.4, -0.2) is 55.0 Å². The minimum Gasteiger partial charge on any atom is -0.369 e. The van der Waals surface area contributed by atoms with Crippen LogP contribution in [0.25, 0.3) is 0 Å². The standard InChI is InChI=1S/C21H28O6/c1-19(2)23-12-15(25-19)16-21(17-18(24-16)27-20(3,4)26-17)11-14-8-6-5-7-13(14)9-10-22-21/h5-8,15-18H,9-12H2,1-4H3/t15-,16-,17+,18-,21-/m1/s1. The molecule has 6 heteroatoms. The summed E-state index contributed by atoms with van der Waals surface area (Å²) in [7, 11) is 0. The fraction of sp³-hybridized carbons (Fsp3) is 0.714. The molecule has 5 rings (SSSR count). The maximum absolute atomic E-state index is 6.57. The Hall–Kier alpha value is -1.02. The third-order valence-corrected chi connectivity index (χ3v) is 6.00. The molecule has 0 amide bonds. The van der Waals surface area contributed by atoms with E-state index in [1.54, 1.807) is 0 Å². The number of hydrogen-bond acceptors (Lipinski definition) is 6. The van der Waals surface area contributed by atoms with E-state index in [0.717, 1.165) is 6.42 Å². The lowest BCUT2D eigenvalue weighted by Gasteiger charge is -2.39. The van der Waals surface area contributed by atoms with Gasteiger partial charge in [0.2, 0.25) is 0 Å². The highest BCUT2D eigenvalue weighted by molar-refractivity contribution is 5.32. The van der Waals surface area contributed by atoms with Crippen molar-refractivity contribution in [3.63, 3.8) is 0 Å². The molecule has 1 aromatic rings. The molecule has 0 aliphatic carbocycles. The van der Waals surface area contributed by atoms with E-state index in [1.807, 2.05) is 27.7 Å². The van der Waals surface area contributed by atoms with Crippen LogP contribution in [0.1, 0.15) is 38.8 Å². The molecule has 6 nitrogen and oxygen atoms in total. The zero-order valence-corrected chi connectivity index (χ0v) is 16.4. The largest absolute Gasteiger partial charge is 0.369 e. The topological polar surface area (TPSA) is 55.4 Å². The summed E-state index contributed by atoms with van der Waals surface area (Å²) in [5.41, 5.74) is 1.92. The second kappa shape index (κ2) is 5.99. The number of hydrogen-bond donors (Lipinski definition) is 0. The molecule has 1 aromatic carbocycles. The van der Waals surface area contributed by atoms with Crippen LogP contribution in [0.4, 0.5) is 0 Å². The summed E-state index contributed by atoms with van der Waals surface area (Å²) in [6.07, 6.45) is 0.246. The van der Waals surface area contributed by atoms with E-state index in [1.165, 1.54) is 11.1 Å². The summed E-state index contributed by atoms with van der Waals surface area (Å²) in [4.78, 5) is 0. The molecule has 3 saturated heterocycles. The Labute approximate surface area is 160 Å². The monoisotopic (exact) mass is 376 g/mol. The fourth-order valence-electron chi connectivity index (χ4n) is 4.89. The molecule has 5 atom stereocenters. The molecule has 0 bridgehead atoms. The molecule has 27 heavy (non-hydrogen) atoms. The van der Waals surface area contributed by atoms with Crippen molar-refractivity contribution in [2.45, 2.75) is 82.3 Å². The first-order valence-electron chi connectivity index (χ1n) is 9.82. The highest BCUT2D eigenvalue weighted by Gasteiger charge is 2.67. The molecule has 148 valence electrons. The molecular formula is C21H28O6. The van der Waals surface area contributed by atoms with E-state index in [0.29, 0.717) is 19.6 Å². The van der Waals surface area contributed by atoms with Crippen molar-refractivity contribution in [3.8, 4) is 0 Å². The Kier molecular flexibility index (Phi) is 4.00. The quantitative estimate of drug-likeness (QED) is 0.751. The van der Waals surface area contributed by atoms with Gasteiger partial charge >= 0.3 is 0 Å². The Morgan fingerprint density at radius 1 is 0.852 bits per heavy atom. The van der Waals surface area contributed by atoms with Crippen molar-refractivity contribution < 1.29 is 28.4 Å². The summed E-state index contributed by atoms with van der Waals surface area (Å²) in [6, 6.07) is 8.51. The van der Waals surface area contributed by atoms with Gasteiger partial charge < -0.3 is 28.4 Å². The number of fused-ring (bicyclic) bond motifs is 3. The van der Waals surface area contributed by atoms with Gasteiger partial charge in [-0.3, -0.25) is 0 Å². The fourth-order valence-corrected chi connectivity index (χ4v) is 4.89. The summed E-state index contributed by atoms with van der Waals surface area (Å²) in [5, 5.41) is 0.